The summed E-state index contributed by atoms with van der Waals surface area (Å²) in [5.41, 5.74) is 10.3. The lowest BCUT2D eigenvalue weighted by atomic mass is 9.93. The molecule has 6 N–H and O–H groups in total. The molecule has 2 aromatic carbocycles. The molecule has 1 aromatic heterocycles. The lowest BCUT2D eigenvalue weighted by molar-refractivity contribution is -0.118. The van der Waals surface area contributed by atoms with Crippen molar-refractivity contribution >= 4 is 33.2 Å². The number of nitrogens with two attached hydrogens (primary N) is 2. The zero-order valence-corrected chi connectivity index (χ0v) is 14.1. The number of benzene rings is 2. The summed E-state index contributed by atoms with van der Waals surface area (Å²) < 4.78 is 0.0391. The molecule has 0 aliphatic carbocycles. The molecule has 0 saturated carbocycles. The summed E-state index contributed by atoms with van der Waals surface area (Å²) >= 11 is 0.816. The number of primary amides is 2. The Morgan fingerprint density at radius 3 is 2.23 bits per heavy atom. The zero-order chi connectivity index (χ0) is 19.0. The van der Waals surface area contributed by atoms with E-state index in [1.54, 1.807) is 30.3 Å². The topological polar surface area (TPSA) is 144 Å². The first-order chi connectivity index (χ1) is 12.3. The molecule has 0 aliphatic rings. The molecular formula is C18H14N2O5S. The van der Waals surface area contributed by atoms with E-state index in [9.17, 15) is 24.6 Å². The van der Waals surface area contributed by atoms with Crippen LogP contribution in [-0.2, 0) is 4.79 Å². The fourth-order valence-electron chi connectivity index (χ4n) is 2.78. The van der Waals surface area contributed by atoms with Gasteiger partial charge in [-0.15, -0.1) is 11.3 Å². The van der Waals surface area contributed by atoms with Gasteiger partial charge in [0, 0.05) is 10.3 Å². The molecule has 0 saturated heterocycles. The van der Waals surface area contributed by atoms with Crippen LogP contribution in [0.15, 0.2) is 47.3 Å². The van der Waals surface area contributed by atoms with Gasteiger partial charge in [-0.3, -0.25) is 14.4 Å². The number of aromatic hydroxyl groups is 2. The van der Waals surface area contributed by atoms with Crippen molar-refractivity contribution in [2.45, 2.75) is 5.92 Å². The van der Waals surface area contributed by atoms with E-state index < -0.39 is 34.7 Å². The molecule has 0 radical (unpaired) electrons. The van der Waals surface area contributed by atoms with E-state index >= 15 is 0 Å². The molecule has 0 bridgehead atoms. The molecular weight excluding hydrogens is 356 g/mol. The number of phenolic OH excluding ortho intramolecular Hbond substituents is 2. The molecule has 3 aromatic rings. The second-order valence-electron chi connectivity index (χ2n) is 5.59. The Kier molecular flexibility index (Phi) is 4.35. The maximum atomic E-state index is 12.8. The normalized spacial score (nSPS) is 12.0. The summed E-state index contributed by atoms with van der Waals surface area (Å²) in [4.78, 5) is 36.9. The SMILES string of the molecule is NC(=O)c1c(C(C(N)=O)c2ccccc2)sc2c(O)c(O)ccc2c1=O. The summed E-state index contributed by atoms with van der Waals surface area (Å²) in [5, 5.41) is 19.8. The van der Waals surface area contributed by atoms with E-state index in [1.807, 2.05) is 0 Å². The average Bonchev–Trinajstić information content (AvgIpc) is 2.59. The maximum Gasteiger partial charge on any atom is 0.253 e. The van der Waals surface area contributed by atoms with E-state index in [2.05, 4.69) is 0 Å². The van der Waals surface area contributed by atoms with Gasteiger partial charge in [0.1, 0.15) is 5.56 Å². The van der Waals surface area contributed by atoms with E-state index in [0.717, 1.165) is 17.4 Å². The van der Waals surface area contributed by atoms with Gasteiger partial charge in [0.05, 0.1) is 10.6 Å². The summed E-state index contributed by atoms with van der Waals surface area (Å²) in [6, 6.07) is 10.8. The number of rotatable bonds is 4. The monoisotopic (exact) mass is 370 g/mol. The van der Waals surface area contributed by atoms with Gasteiger partial charge in [0.2, 0.25) is 11.3 Å². The van der Waals surface area contributed by atoms with Crippen LogP contribution in [-0.4, -0.2) is 22.0 Å². The van der Waals surface area contributed by atoms with Crippen LogP contribution < -0.4 is 16.9 Å². The molecule has 8 heteroatoms. The number of amides is 2. The minimum absolute atomic E-state index is 0.0131. The van der Waals surface area contributed by atoms with E-state index in [4.69, 9.17) is 11.5 Å². The third kappa shape index (κ3) is 2.76. The summed E-state index contributed by atoms with van der Waals surface area (Å²) in [6.07, 6.45) is 0. The molecule has 2 amide bonds. The van der Waals surface area contributed by atoms with E-state index in [0.29, 0.717) is 5.56 Å². The van der Waals surface area contributed by atoms with Crippen molar-refractivity contribution in [3.8, 4) is 11.5 Å². The first kappa shape index (κ1) is 17.4. The lowest BCUT2D eigenvalue weighted by Gasteiger charge is -2.17. The average molecular weight is 370 g/mol. The molecule has 1 heterocycles. The van der Waals surface area contributed by atoms with Crippen LogP contribution in [0, 0.1) is 0 Å². The number of fused-ring (bicyclic) bond motifs is 1. The standard InChI is InChI=1S/C18H14N2O5S/c19-17(24)11(8-4-2-1-3-5-8)16-12(18(20)25)13(22)9-6-7-10(21)14(23)15(9)26-16/h1-7,11,21,23H,(H2,19,24)(H2,20,25). The van der Waals surface area contributed by atoms with E-state index in [1.165, 1.54) is 6.07 Å². The van der Waals surface area contributed by atoms with Gasteiger partial charge >= 0.3 is 0 Å². The van der Waals surface area contributed by atoms with Crippen molar-refractivity contribution in [2.75, 3.05) is 0 Å². The highest BCUT2D eigenvalue weighted by atomic mass is 32.1. The van der Waals surface area contributed by atoms with Crippen molar-refractivity contribution < 1.29 is 19.8 Å². The van der Waals surface area contributed by atoms with Gasteiger partial charge < -0.3 is 21.7 Å². The highest BCUT2D eigenvalue weighted by molar-refractivity contribution is 7.19. The second kappa shape index (κ2) is 6.49. The van der Waals surface area contributed by atoms with Crippen molar-refractivity contribution in [1.29, 1.82) is 0 Å². The summed E-state index contributed by atoms with van der Waals surface area (Å²) in [5.74, 6) is -3.84. The number of hydrogen-bond donors (Lipinski definition) is 4. The van der Waals surface area contributed by atoms with Crippen LogP contribution in [0.3, 0.4) is 0 Å². The molecule has 132 valence electrons. The Labute approximate surface area is 151 Å². The number of hydrogen-bond acceptors (Lipinski definition) is 6. The van der Waals surface area contributed by atoms with E-state index in [-0.39, 0.29) is 20.5 Å². The van der Waals surface area contributed by atoms with Crippen LogP contribution in [0.5, 0.6) is 11.5 Å². The summed E-state index contributed by atoms with van der Waals surface area (Å²) in [7, 11) is 0. The summed E-state index contributed by atoms with van der Waals surface area (Å²) in [6.45, 7) is 0. The largest absolute Gasteiger partial charge is 0.504 e. The fraction of sp³-hybridized carbons (Fsp3) is 0.0556. The van der Waals surface area contributed by atoms with Gasteiger partial charge in [-0.2, -0.15) is 0 Å². The quantitative estimate of drug-likeness (QED) is 0.513. The molecule has 1 unspecified atom stereocenters. The first-order valence-corrected chi connectivity index (χ1v) is 8.30. The Morgan fingerprint density at radius 1 is 1.00 bits per heavy atom. The van der Waals surface area contributed by atoms with Crippen LogP contribution in [0.4, 0.5) is 0 Å². The molecule has 0 aliphatic heterocycles. The third-order valence-corrected chi connectivity index (χ3v) is 5.24. The van der Waals surface area contributed by atoms with Crippen LogP contribution in [0.25, 0.3) is 10.1 Å². The number of phenols is 2. The third-order valence-electron chi connectivity index (χ3n) is 3.97. The number of carbonyl (C=O) groups excluding carboxylic acids is 2. The Balaban J connectivity index is 2.45. The Hall–Kier alpha value is -3.39. The molecule has 0 spiro atoms. The molecule has 1 atom stereocenters. The number of carbonyl (C=O) groups is 2. The van der Waals surface area contributed by atoms with Crippen LogP contribution in [0.2, 0.25) is 0 Å². The van der Waals surface area contributed by atoms with Crippen molar-refractivity contribution in [3.63, 3.8) is 0 Å². The van der Waals surface area contributed by atoms with Crippen LogP contribution in [0.1, 0.15) is 26.7 Å². The molecule has 26 heavy (non-hydrogen) atoms. The predicted molar refractivity (Wildman–Crippen MR) is 97.4 cm³/mol. The van der Waals surface area contributed by atoms with Crippen molar-refractivity contribution in [2.24, 2.45) is 11.5 Å². The first-order valence-electron chi connectivity index (χ1n) is 7.48. The van der Waals surface area contributed by atoms with Crippen molar-refractivity contribution in [3.05, 3.63) is 68.7 Å². The molecule has 7 nitrogen and oxygen atoms in total. The minimum Gasteiger partial charge on any atom is -0.504 e. The fourth-order valence-corrected chi connectivity index (χ4v) is 4.13. The van der Waals surface area contributed by atoms with Gasteiger partial charge in [-0.05, 0) is 17.7 Å². The predicted octanol–water partition coefficient (Wildman–Crippen LogP) is 1.39. The van der Waals surface area contributed by atoms with Crippen LogP contribution >= 0.6 is 11.3 Å². The molecule has 0 fully saturated rings. The highest BCUT2D eigenvalue weighted by Crippen LogP contribution is 2.39. The van der Waals surface area contributed by atoms with Gasteiger partial charge in [-0.25, -0.2) is 0 Å². The smallest absolute Gasteiger partial charge is 0.253 e. The molecule has 3 rings (SSSR count). The van der Waals surface area contributed by atoms with Crippen molar-refractivity contribution in [1.82, 2.24) is 0 Å². The highest BCUT2D eigenvalue weighted by Gasteiger charge is 2.29. The Morgan fingerprint density at radius 2 is 1.65 bits per heavy atom. The van der Waals surface area contributed by atoms with Gasteiger partial charge in [0.15, 0.2) is 11.5 Å². The van der Waals surface area contributed by atoms with Gasteiger partial charge in [-0.1, -0.05) is 30.3 Å². The lowest BCUT2D eigenvalue weighted by Crippen LogP contribution is -2.29. The second-order valence-corrected chi connectivity index (χ2v) is 6.64. The maximum absolute atomic E-state index is 12.8. The minimum atomic E-state index is -1.11. The zero-order valence-electron chi connectivity index (χ0n) is 13.3. The van der Waals surface area contributed by atoms with Gasteiger partial charge in [0.25, 0.3) is 5.91 Å². The Bertz CT molecular complexity index is 1090.